The van der Waals surface area contributed by atoms with Gasteiger partial charge in [0.25, 0.3) is 0 Å². The van der Waals surface area contributed by atoms with Crippen LogP contribution in [0.3, 0.4) is 0 Å². The van der Waals surface area contributed by atoms with Crippen molar-refractivity contribution in [1.29, 1.82) is 0 Å². The van der Waals surface area contributed by atoms with Crippen molar-refractivity contribution < 1.29 is 9.47 Å². The molecule has 3 aliphatic heterocycles. The van der Waals surface area contributed by atoms with Crippen molar-refractivity contribution in [1.82, 2.24) is 10.2 Å². The molecule has 0 saturated carbocycles. The lowest BCUT2D eigenvalue weighted by Gasteiger charge is -2.37. The van der Waals surface area contributed by atoms with Crippen LogP contribution in [-0.4, -0.2) is 56.1 Å². The Morgan fingerprint density at radius 2 is 1.81 bits per heavy atom. The van der Waals surface area contributed by atoms with Gasteiger partial charge >= 0.3 is 0 Å². The minimum absolute atomic E-state index is 0.203. The van der Waals surface area contributed by atoms with Crippen molar-refractivity contribution in [2.45, 2.75) is 37.5 Å². The fourth-order valence-corrected chi connectivity index (χ4v) is 3.17. The smallest absolute Gasteiger partial charge is 0.111 e. The molecule has 0 amide bonds. The van der Waals surface area contributed by atoms with Crippen LogP contribution in [0, 0.1) is 0 Å². The molecule has 1 spiro atoms. The van der Waals surface area contributed by atoms with Gasteiger partial charge in [-0.3, -0.25) is 4.90 Å². The number of rotatable bonds is 1. The third-order valence-electron chi connectivity index (χ3n) is 4.20. The molecule has 3 rings (SSSR count). The lowest BCUT2D eigenvalue weighted by atomic mass is 9.90. The Morgan fingerprint density at radius 3 is 2.56 bits per heavy atom. The van der Waals surface area contributed by atoms with Gasteiger partial charge in [0, 0.05) is 13.1 Å². The van der Waals surface area contributed by atoms with Crippen LogP contribution in [0.25, 0.3) is 0 Å². The van der Waals surface area contributed by atoms with Gasteiger partial charge in [0.05, 0.1) is 18.8 Å². The summed E-state index contributed by atoms with van der Waals surface area (Å²) in [5.41, 5.74) is 0.203. The highest BCUT2D eigenvalue weighted by Crippen LogP contribution is 2.38. The zero-order valence-corrected chi connectivity index (χ0v) is 9.91. The van der Waals surface area contributed by atoms with E-state index in [9.17, 15) is 0 Å². The summed E-state index contributed by atoms with van der Waals surface area (Å²) < 4.78 is 11.7. The topological polar surface area (TPSA) is 33.7 Å². The van der Waals surface area contributed by atoms with Crippen molar-refractivity contribution in [3.8, 4) is 0 Å². The van der Waals surface area contributed by atoms with E-state index in [0.717, 1.165) is 39.4 Å². The van der Waals surface area contributed by atoms with E-state index in [1.54, 1.807) is 0 Å². The first-order valence-corrected chi connectivity index (χ1v) is 6.58. The van der Waals surface area contributed by atoms with Gasteiger partial charge in [-0.25, -0.2) is 0 Å². The van der Waals surface area contributed by atoms with Gasteiger partial charge in [0.1, 0.15) is 6.23 Å². The highest BCUT2D eigenvalue weighted by molar-refractivity contribution is 4.92. The fourth-order valence-electron chi connectivity index (χ4n) is 3.17. The Bertz CT molecular complexity index is 235. The second-order valence-electron chi connectivity index (χ2n) is 5.19. The maximum Gasteiger partial charge on any atom is 0.111 e. The first kappa shape index (κ1) is 11.0. The SMILES string of the molecule is C1CC2(CCN1)CCC(N1CCOCC1)O2. The first-order valence-electron chi connectivity index (χ1n) is 6.58. The second-order valence-corrected chi connectivity index (χ2v) is 5.19. The zero-order valence-electron chi connectivity index (χ0n) is 9.91. The molecule has 92 valence electrons. The summed E-state index contributed by atoms with van der Waals surface area (Å²) in [7, 11) is 0. The number of piperidine rings is 1. The average molecular weight is 226 g/mol. The first-order chi connectivity index (χ1) is 7.88. The van der Waals surface area contributed by atoms with Crippen LogP contribution in [0.15, 0.2) is 0 Å². The quantitative estimate of drug-likeness (QED) is 0.709. The van der Waals surface area contributed by atoms with Crippen molar-refractivity contribution in [3.05, 3.63) is 0 Å². The number of nitrogens with one attached hydrogen (secondary N) is 1. The summed E-state index contributed by atoms with van der Waals surface area (Å²) in [5.74, 6) is 0. The minimum atomic E-state index is 0.203. The van der Waals surface area contributed by atoms with Gasteiger partial charge in [-0.05, 0) is 38.8 Å². The molecule has 3 aliphatic rings. The number of hydrogen-bond acceptors (Lipinski definition) is 4. The van der Waals surface area contributed by atoms with Crippen LogP contribution >= 0.6 is 0 Å². The predicted octanol–water partition coefficient (Wildman–Crippen LogP) is 0.577. The van der Waals surface area contributed by atoms with Gasteiger partial charge in [0.15, 0.2) is 0 Å². The van der Waals surface area contributed by atoms with E-state index >= 15 is 0 Å². The van der Waals surface area contributed by atoms with Gasteiger partial charge in [-0.2, -0.15) is 0 Å². The van der Waals surface area contributed by atoms with Crippen molar-refractivity contribution in [2.75, 3.05) is 39.4 Å². The molecule has 1 N–H and O–H groups in total. The third kappa shape index (κ3) is 2.12. The molecule has 16 heavy (non-hydrogen) atoms. The normalized spacial score (nSPS) is 35.6. The van der Waals surface area contributed by atoms with E-state index in [4.69, 9.17) is 9.47 Å². The van der Waals surface area contributed by atoms with Gasteiger partial charge < -0.3 is 14.8 Å². The molecule has 0 aromatic rings. The Labute approximate surface area is 97.3 Å². The second kappa shape index (κ2) is 4.61. The van der Waals surface area contributed by atoms with Crippen LogP contribution < -0.4 is 5.32 Å². The van der Waals surface area contributed by atoms with Gasteiger partial charge in [-0.15, -0.1) is 0 Å². The molecule has 0 radical (unpaired) electrons. The van der Waals surface area contributed by atoms with Crippen molar-refractivity contribution in [3.63, 3.8) is 0 Å². The number of nitrogens with zero attached hydrogens (tertiary/aromatic N) is 1. The molecular weight excluding hydrogens is 204 g/mol. The summed E-state index contributed by atoms with van der Waals surface area (Å²) in [6, 6.07) is 0. The molecule has 0 aliphatic carbocycles. The van der Waals surface area contributed by atoms with Crippen LogP contribution in [0.2, 0.25) is 0 Å². The summed E-state index contributed by atoms with van der Waals surface area (Å²) in [4.78, 5) is 2.46. The molecule has 4 nitrogen and oxygen atoms in total. The Morgan fingerprint density at radius 1 is 1.06 bits per heavy atom. The number of morpholine rings is 1. The Balaban J connectivity index is 1.58. The highest BCUT2D eigenvalue weighted by Gasteiger charge is 2.42. The van der Waals surface area contributed by atoms with Crippen LogP contribution in [0.5, 0.6) is 0 Å². The largest absolute Gasteiger partial charge is 0.379 e. The summed E-state index contributed by atoms with van der Waals surface area (Å²) in [6.07, 6.45) is 5.19. The molecule has 3 saturated heterocycles. The predicted molar refractivity (Wildman–Crippen MR) is 61.3 cm³/mol. The standard InChI is InChI=1S/C12H22N2O2/c1-2-12(3-5-13-6-4-12)16-11(1)14-7-9-15-10-8-14/h11,13H,1-10H2. The average Bonchev–Trinajstić information content (AvgIpc) is 2.75. The van der Waals surface area contributed by atoms with E-state index in [0.29, 0.717) is 6.23 Å². The van der Waals surface area contributed by atoms with E-state index in [1.165, 1.54) is 25.7 Å². The summed E-state index contributed by atoms with van der Waals surface area (Å²) >= 11 is 0. The van der Waals surface area contributed by atoms with E-state index < -0.39 is 0 Å². The highest BCUT2D eigenvalue weighted by atomic mass is 16.5. The molecule has 4 heteroatoms. The number of hydrogen-bond donors (Lipinski definition) is 1. The molecule has 0 aromatic carbocycles. The summed E-state index contributed by atoms with van der Waals surface area (Å²) in [6.45, 7) is 6.06. The maximum absolute atomic E-state index is 6.36. The molecule has 3 fully saturated rings. The zero-order chi connectivity index (χ0) is 10.8. The van der Waals surface area contributed by atoms with Crippen LogP contribution in [-0.2, 0) is 9.47 Å². The lowest BCUT2D eigenvalue weighted by molar-refractivity contribution is -0.136. The molecular formula is C12H22N2O2. The monoisotopic (exact) mass is 226 g/mol. The number of ether oxygens (including phenoxy) is 2. The van der Waals surface area contributed by atoms with Crippen LogP contribution in [0.1, 0.15) is 25.7 Å². The molecule has 0 aromatic heterocycles. The summed E-state index contributed by atoms with van der Waals surface area (Å²) in [5, 5.41) is 3.42. The van der Waals surface area contributed by atoms with Crippen LogP contribution in [0.4, 0.5) is 0 Å². The van der Waals surface area contributed by atoms with Crippen molar-refractivity contribution in [2.24, 2.45) is 0 Å². The third-order valence-corrected chi connectivity index (χ3v) is 4.20. The molecule has 0 bridgehead atoms. The Hall–Kier alpha value is -0.160. The van der Waals surface area contributed by atoms with Gasteiger partial charge in [-0.1, -0.05) is 0 Å². The van der Waals surface area contributed by atoms with Crippen molar-refractivity contribution >= 4 is 0 Å². The van der Waals surface area contributed by atoms with Gasteiger partial charge in [0.2, 0.25) is 0 Å². The minimum Gasteiger partial charge on any atom is -0.379 e. The van der Waals surface area contributed by atoms with E-state index in [1.807, 2.05) is 0 Å². The van der Waals surface area contributed by atoms with E-state index in [2.05, 4.69) is 10.2 Å². The fraction of sp³-hybridized carbons (Fsp3) is 1.00. The lowest BCUT2D eigenvalue weighted by Crippen LogP contribution is -2.47. The molecule has 1 atom stereocenters. The Kier molecular flexibility index (Phi) is 3.16. The molecule has 1 unspecified atom stereocenters. The van der Waals surface area contributed by atoms with E-state index in [-0.39, 0.29) is 5.60 Å². The maximum atomic E-state index is 6.36. The molecule has 3 heterocycles.